The van der Waals surface area contributed by atoms with E-state index in [-0.39, 0.29) is 30.1 Å². The van der Waals surface area contributed by atoms with Crippen LogP contribution in [0.4, 0.5) is 15.0 Å². The molecule has 4 N–H and O–H groups in total. The molecular weight excluding hydrogens is 455 g/mol. The van der Waals surface area contributed by atoms with Crippen molar-refractivity contribution in [3.8, 4) is 0 Å². The van der Waals surface area contributed by atoms with E-state index in [1.807, 2.05) is 13.8 Å². The molecule has 2 saturated carbocycles. The molecule has 2 unspecified atom stereocenters. The van der Waals surface area contributed by atoms with Gasteiger partial charge in [0.05, 0.1) is 5.54 Å². The molecule has 1 aromatic rings. The van der Waals surface area contributed by atoms with Crippen LogP contribution in [0.25, 0.3) is 0 Å². The van der Waals surface area contributed by atoms with Crippen molar-refractivity contribution in [2.75, 3.05) is 18.4 Å². The number of nitrogens with one attached hydrogen (secondary N) is 3. The van der Waals surface area contributed by atoms with Crippen LogP contribution >= 0.6 is 0 Å². The minimum Gasteiger partial charge on any atom is -0.381 e. The standard InChI is InChI=1S/C24H39FN6O4/c1-5-31(6-2)22(35)26-17(15-23(3)10-7-8-11-23)20(33)28-24(13-16(25)14-24)19(32)21(34)27-18-9-12-30(4)29-18/h9,12,16-17,19,32H,5-8,10-11,13-15H2,1-4H3,(H,26,35)(H,28,33)(H,27,29,34). The molecule has 0 aromatic carbocycles. The number of hydrogen-bond donors (Lipinski definition) is 4. The van der Waals surface area contributed by atoms with Gasteiger partial charge in [-0.15, -0.1) is 0 Å². The highest BCUT2D eigenvalue weighted by atomic mass is 19.1. The van der Waals surface area contributed by atoms with Gasteiger partial charge in [0.1, 0.15) is 12.2 Å². The Balaban J connectivity index is 1.76. The lowest BCUT2D eigenvalue weighted by molar-refractivity contribution is -0.140. The zero-order chi connectivity index (χ0) is 25.8. The molecule has 35 heavy (non-hydrogen) atoms. The van der Waals surface area contributed by atoms with E-state index in [0.717, 1.165) is 25.7 Å². The van der Waals surface area contributed by atoms with E-state index in [4.69, 9.17) is 0 Å². The van der Waals surface area contributed by atoms with Gasteiger partial charge in [-0.25, -0.2) is 9.18 Å². The van der Waals surface area contributed by atoms with Crippen molar-refractivity contribution in [3.05, 3.63) is 12.3 Å². The van der Waals surface area contributed by atoms with Crippen LogP contribution in [0.15, 0.2) is 12.3 Å². The van der Waals surface area contributed by atoms with Crippen molar-refractivity contribution in [1.29, 1.82) is 0 Å². The topological polar surface area (TPSA) is 129 Å². The number of halogens is 1. The third kappa shape index (κ3) is 6.31. The maximum Gasteiger partial charge on any atom is 0.318 e. The molecule has 0 bridgehead atoms. The van der Waals surface area contributed by atoms with Crippen LogP contribution in [0, 0.1) is 5.41 Å². The van der Waals surface area contributed by atoms with Gasteiger partial charge in [0, 0.05) is 45.2 Å². The molecule has 3 rings (SSSR count). The number of urea groups is 1. The van der Waals surface area contributed by atoms with Crippen molar-refractivity contribution in [2.24, 2.45) is 12.5 Å². The highest BCUT2D eigenvalue weighted by Crippen LogP contribution is 2.42. The Morgan fingerprint density at radius 1 is 1.23 bits per heavy atom. The minimum atomic E-state index is -1.68. The number of carbonyl (C=O) groups is 3. The normalized spacial score (nSPS) is 24.7. The smallest absolute Gasteiger partial charge is 0.318 e. The molecule has 0 radical (unpaired) electrons. The van der Waals surface area contributed by atoms with Crippen LogP contribution in [0.2, 0.25) is 0 Å². The average molecular weight is 495 g/mol. The molecule has 11 heteroatoms. The Morgan fingerprint density at radius 3 is 2.37 bits per heavy atom. The van der Waals surface area contributed by atoms with Crippen molar-refractivity contribution < 1.29 is 23.9 Å². The molecule has 10 nitrogen and oxygen atoms in total. The second kappa shape index (κ2) is 10.9. The molecule has 1 aromatic heterocycles. The number of aliphatic hydroxyl groups excluding tert-OH is 1. The highest BCUT2D eigenvalue weighted by Gasteiger charge is 2.54. The first-order valence-corrected chi connectivity index (χ1v) is 12.5. The molecule has 2 atom stereocenters. The van der Waals surface area contributed by atoms with Crippen molar-refractivity contribution in [2.45, 2.75) is 89.6 Å². The predicted molar refractivity (Wildman–Crippen MR) is 129 cm³/mol. The molecular formula is C24H39FN6O4. The van der Waals surface area contributed by atoms with Crippen LogP contribution in [0.1, 0.15) is 65.7 Å². The Kier molecular flexibility index (Phi) is 8.40. The second-order valence-corrected chi connectivity index (χ2v) is 10.3. The number of amides is 4. The number of aryl methyl sites for hydroxylation is 1. The first-order valence-electron chi connectivity index (χ1n) is 12.5. The molecule has 0 spiro atoms. The largest absolute Gasteiger partial charge is 0.381 e. The number of rotatable bonds is 10. The molecule has 2 aliphatic rings. The van der Waals surface area contributed by atoms with Gasteiger partial charge in [0.25, 0.3) is 5.91 Å². The van der Waals surface area contributed by atoms with Gasteiger partial charge >= 0.3 is 6.03 Å². The fraction of sp³-hybridized carbons (Fsp3) is 0.750. The van der Waals surface area contributed by atoms with Crippen LogP contribution in [0.3, 0.4) is 0 Å². The molecule has 4 amide bonds. The summed E-state index contributed by atoms with van der Waals surface area (Å²) in [5.41, 5.74) is -1.56. The van der Waals surface area contributed by atoms with Gasteiger partial charge in [-0.1, -0.05) is 19.8 Å². The van der Waals surface area contributed by atoms with Gasteiger partial charge in [0.15, 0.2) is 11.9 Å². The summed E-state index contributed by atoms with van der Waals surface area (Å²) in [4.78, 5) is 40.6. The number of anilines is 1. The molecule has 0 aliphatic heterocycles. The zero-order valence-corrected chi connectivity index (χ0v) is 21.1. The van der Waals surface area contributed by atoms with Crippen molar-refractivity contribution in [3.63, 3.8) is 0 Å². The summed E-state index contributed by atoms with van der Waals surface area (Å²) >= 11 is 0. The summed E-state index contributed by atoms with van der Waals surface area (Å²) in [6.07, 6.45) is 2.78. The first-order chi connectivity index (χ1) is 16.5. The lowest BCUT2D eigenvalue weighted by Gasteiger charge is -2.47. The van der Waals surface area contributed by atoms with Gasteiger partial charge in [0.2, 0.25) is 5.91 Å². The van der Waals surface area contributed by atoms with Crippen molar-refractivity contribution in [1.82, 2.24) is 25.3 Å². The number of aliphatic hydroxyl groups is 1. The summed E-state index contributed by atoms with van der Waals surface area (Å²) in [6, 6.07) is 0.347. The maximum absolute atomic E-state index is 14.0. The number of aromatic nitrogens is 2. The lowest BCUT2D eigenvalue weighted by Crippen LogP contribution is -2.69. The predicted octanol–water partition coefficient (Wildman–Crippen LogP) is 2.10. The highest BCUT2D eigenvalue weighted by molar-refractivity contribution is 5.95. The van der Waals surface area contributed by atoms with Gasteiger partial charge < -0.3 is 26.0 Å². The molecule has 1 heterocycles. The number of carbonyl (C=O) groups excluding carboxylic acids is 3. The fourth-order valence-electron chi connectivity index (χ4n) is 5.27. The van der Waals surface area contributed by atoms with E-state index < -0.39 is 35.7 Å². The van der Waals surface area contributed by atoms with Crippen molar-refractivity contribution >= 4 is 23.7 Å². The zero-order valence-electron chi connectivity index (χ0n) is 21.1. The van der Waals surface area contributed by atoms with Gasteiger partial charge in [-0.05, 0) is 38.5 Å². The van der Waals surface area contributed by atoms with E-state index in [9.17, 15) is 23.9 Å². The number of alkyl halides is 1. The second-order valence-electron chi connectivity index (χ2n) is 10.3. The molecule has 196 valence electrons. The van der Waals surface area contributed by atoms with Crippen LogP contribution < -0.4 is 16.0 Å². The lowest BCUT2D eigenvalue weighted by atomic mass is 9.70. The fourth-order valence-corrected chi connectivity index (χ4v) is 5.27. The third-order valence-electron chi connectivity index (χ3n) is 7.45. The first kappa shape index (κ1) is 26.9. The quantitative estimate of drug-likeness (QED) is 0.396. The van der Waals surface area contributed by atoms with Crippen LogP contribution in [0.5, 0.6) is 0 Å². The summed E-state index contributed by atoms with van der Waals surface area (Å²) in [6.45, 7) is 6.81. The van der Waals surface area contributed by atoms with Gasteiger partial charge in [-0.3, -0.25) is 14.3 Å². The van der Waals surface area contributed by atoms with E-state index in [2.05, 4.69) is 28.0 Å². The van der Waals surface area contributed by atoms with E-state index in [1.54, 1.807) is 24.2 Å². The Labute approximate surface area is 206 Å². The maximum atomic E-state index is 14.0. The summed E-state index contributed by atoms with van der Waals surface area (Å²) in [7, 11) is 1.69. The number of hydrogen-bond acceptors (Lipinski definition) is 5. The monoisotopic (exact) mass is 494 g/mol. The Hall–Kier alpha value is -2.69. The summed E-state index contributed by atoms with van der Waals surface area (Å²) in [5, 5.41) is 23.0. The molecule has 2 aliphatic carbocycles. The number of nitrogens with zero attached hydrogens (tertiary/aromatic N) is 3. The van der Waals surface area contributed by atoms with E-state index in [0.29, 0.717) is 19.5 Å². The van der Waals surface area contributed by atoms with Gasteiger partial charge in [-0.2, -0.15) is 5.10 Å². The third-order valence-corrected chi connectivity index (χ3v) is 7.45. The van der Waals surface area contributed by atoms with Crippen LogP contribution in [-0.4, -0.2) is 74.6 Å². The summed E-state index contributed by atoms with van der Waals surface area (Å²) in [5.74, 6) is -1.05. The molecule has 0 saturated heterocycles. The van der Waals surface area contributed by atoms with E-state index >= 15 is 0 Å². The minimum absolute atomic E-state index is 0.108. The molecule has 2 fully saturated rings. The Morgan fingerprint density at radius 2 is 1.86 bits per heavy atom. The average Bonchev–Trinajstić information content (AvgIpc) is 3.40. The SMILES string of the molecule is CCN(CC)C(=O)NC(CC1(C)CCCC1)C(=O)NC1(C(O)C(=O)Nc2ccn(C)n2)CC(F)C1. The van der Waals surface area contributed by atoms with Crippen LogP contribution in [-0.2, 0) is 16.6 Å². The Bertz CT molecular complexity index is 906. The summed E-state index contributed by atoms with van der Waals surface area (Å²) < 4.78 is 15.5. The van der Waals surface area contributed by atoms with E-state index in [1.165, 1.54) is 4.68 Å².